The molecule has 98 valence electrons. The van der Waals surface area contributed by atoms with E-state index in [4.69, 9.17) is 4.74 Å². The van der Waals surface area contributed by atoms with Crippen LogP contribution in [0.3, 0.4) is 0 Å². The van der Waals surface area contributed by atoms with Gasteiger partial charge in [0, 0.05) is 0 Å². The van der Waals surface area contributed by atoms with Crippen LogP contribution in [0.2, 0.25) is 0 Å². The van der Waals surface area contributed by atoms with Gasteiger partial charge in [-0.05, 0) is 38.5 Å². The second kappa shape index (κ2) is 6.03. The summed E-state index contributed by atoms with van der Waals surface area (Å²) < 4.78 is 4.92. The molecule has 1 N–H and O–H groups in total. The predicted octanol–water partition coefficient (Wildman–Crippen LogP) is 2.61. The third-order valence-corrected chi connectivity index (χ3v) is 3.73. The first kappa shape index (κ1) is 14.0. The van der Waals surface area contributed by atoms with Gasteiger partial charge in [0.1, 0.15) is 0 Å². The lowest BCUT2D eigenvalue weighted by Gasteiger charge is -2.34. The van der Waals surface area contributed by atoms with Crippen LogP contribution in [0, 0.1) is 11.3 Å². The maximum atomic E-state index is 11.8. The molecule has 1 saturated carbocycles. The molecule has 1 fully saturated rings. The zero-order valence-corrected chi connectivity index (χ0v) is 10.7. The summed E-state index contributed by atoms with van der Waals surface area (Å²) >= 11 is 0. The summed E-state index contributed by atoms with van der Waals surface area (Å²) in [4.78, 5) is 23.2. The third kappa shape index (κ3) is 2.99. The van der Waals surface area contributed by atoms with E-state index in [2.05, 4.69) is 6.92 Å². The number of hydrogen-bond acceptors (Lipinski definition) is 3. The van der Waals surface area contributed by atoms with Crippen LogP contribution in [-0.2, 0) is 14.3 Å². The molecule has 0 aromatic carbocycles. The molecule has 0 spiro atoms. The number of ether oxygens (including phenoxy) is 1. The Morgan fingerprint density at radius 1 is 1.29 bits per heavy atom. The Hall–Kier alpha value is -1.06. The number of carboxylic acid groups (broad SMARTS) is 1. The molecule has 4 nitrogen and oxygen atoms in total. The zero-order chi connectivity index (χ0) is 12.9. The number of rotatable bonds is 5. The fourth-order valence-corrected chi connectivity index (χ4v) is 2.64. The monoisotopic (exact) mass is 242 g/mol. The summed E-state index contributed by atoms with van der Waals surface area (Å²) in [6.45, 7) is 4.08. The number of hydrogen-bond donors (Lipinski definition) is 1. The quantitative estimate of drug-likeness (QED) is 0.594. The van der Waals surface area contributed by atoms with Gasteiger partial charge < -0.3 is 9.84 Å². The number of carboxylic acids is 1. The van der Waals surface area contributed by atoms with Crippen LogP contribution in [0.15, 0.2) is 0 Å². The minimum absolute atomic E-state index is 0.242. The van der Waals surface area contributed by atoms with Gasteiger partial charge in [0.2, 0.25) is 0 Å². The predicted molar refractivity (Wildman–Crippen MR) is 63.6 cm³/mol. The van der Waals surface area contributed by atoms with Crippen molar-refractivity contribution in [3.63, 3.8) is 0 Å². The molecule has 4 heteroatoms. The summed E-state index contributed by atoms with van der Waals surface area (Å²) in [5, 5.41) is 9.30. The number of carbonyl (C=O) groups excluding carboxylic acids is 1. The van der Waals surface area contributed by atoms with Crippen molar-refractivity contribution < 1.29 is 19.4 Å². The minimum atomic E-state index is -1.28. The van der Waals surface area contributed by atoms with E-state index in [0.29, 0.717) is 18.8 Å². The number of esters is 1. The second-order valence-electron chi connectivity index (χ2n) is 4.84. The molecular formula is C13H22O4. The Bertz CT molecular complexity index is 277. The second-order valence-corrected chi connectivity index (χ2v) is 4.84. The van der Waals surface area contributed by atoms with Gasteiger partial charge in [-0.2, -0.15) is 0 Å². The van der Waals surface area contributed by atoms with Crippen LogP contribution >= 0.6 is 0 Å². The Morgan fingerprint density at radius 3 is 2.29 bits per heavy atom. The molecule has 0 aromatic rings. The lowest BCUT2D eigenvalue weighted by Crippen LogP contribution is -2.43. The summed E-state index contributed by atoms with van der Waals surface area (Å²) in [6.07, 6.45) is 4.72. The van der Waals surface area contributed by atoms with E-state index in [9.17, 15) is 14.7 Å². The Balaban J connectivity index is 2.70. The van der Waals surface area contributed by atoms with Crippen molar-refractivity contribution in [2.75, 3.05) is 6.61 Å². The summed E-state index contributed by atoms with van der Waals surface area (Å²) in [5.41, 5.74) is -1.28. The van der Waals surface area contributed by atoms with Crippen LogP contribution in [0.4, 0.5) is 0 Å². The molecule has 17 heavy (non-hydrogen) atoms. The Morgan fingerprint density at radius 2 is 1.88 bits per heavy atom. The summed E-state index contributed by atoms with van der Waals surface area (Å²) in [5.74, 6) is -1.00. The molecule has 0 aromatic heterocycles. The van der Waals surface area contributed by atoms with E-state index >= 15 is 0 Å². The molecule has 1 aliphatic carbocycles. The highest BCUT2D eigenvalue weighted by molar-refractivity contribution is 5.99. The number of aliphatic carboxylic acids is 1. The zero-order valence-electron chi connectivity index (χ0n) is 10.7. The highest BCUT2D eigenvalue weighted by Gasteiger charge is 2.49. The van der Waals surface area contributed by atoms with Gasteiger partial charge in [0.15, 0.2) is 5.41 Å². The average Bonchev–Trinajstić information content (AvgIpc) is 2.30. The van der Waals surface area contributed by atoms with Crippen LogP contribution in [0.1, 0.15) is 52.4 Å². The standard InChI is InChI=1S/C13H22O4/c1-3-5-10-6-8-13(9-7-10,11(14)15)12(16)17-4-2/h10H,3-9H2,1-2H3,(H,14,15). The SMILES string of the molecule is CCCC1CCC(C(=O)O)(C(=O)OCC)CC1. The van der Waals surface area contributed by atoms with E-state index in [1.165, 1.54) is 0 Å². The van der Waals surface area contributed by atoms with Gasteiger partial charge in [0.25, 0.3) is 0 Å². The van der Waals surface area contributed by atoms with E-state index < -0.39 is 17.4 Å². The molecule has 0 heterocycles. The van der Waals surface area contributed by atoms with Crippen molar-refractivity contribution in [3.05, 3.63) is 0 Å². The lowest BCUT2D eigenvalue weighted by molar-refractivity contribution is -0.172. The van der Waals surface area contributed by atoms with Gasteiger partial charge in [-0.1, -0.05) is 19.8 Å². The highest BCUT2D eigenvalue weighted by atomic mass is 16.5. The van der Waals surface area contributed by atoms with Crippen LogP contribution < -0.4 is 0 Å². The normalized spacial score (nSPS) is 28.7. The fraction of sp³-hybridized carbons (Fsp3) is 0.846. The third-order valence-electron chi connectivity index (χ3n) is 3.73. The van der Waals surface area contributed by atoms with Crippen LogP contribution in [0.25, 0.3) is 0 Å². The van der Waals surface area contributed by atoms with Crippen LogP contribution in [-0.4, -0.2) is 23.7 Å². The molecule has 0 bridgehead atoms. The van der Waals surface area contributed by atoms with Crippen molar-refractivity contribution in [3.8, 4) is 0 Å². The van der Waals surface area contributed by atoms with Crippen molar-refractivity contribution >= 4 is 11.9 Å². The van der Waals surface area contributed by atoms with E-state index in [-0.39, 0.29) is 6.61 Å². The van der Waals surface area contributed by atoms with Gasteiger partial charge in [-0.15, -0.1) is 0 Å². The topological polar surface area (TPSA) is 63.6 Å². The first-order valence-electron chi connectivity index (χ1n) is 6.47. The number of carbonyl (C=O) groups is 2. The fourth-order valence-electron chi connectivity index (χ4n) is 2.64. The van der Waals surface area contributed by atoms with Crippen LogP contribution in [0.5, 0.6) is 0 Å². The molecule has 0 unspecified atom stereocenters. The minimum Gasteiger partial charge on any atom is -0.480 e. The van der Waals surface area contributed by atoms with Crippen molar-refractivity contribution in [1.29, 1.82) is 0 Å². The van der Waals surface area contributed by atoms with Gasteiger partial charge in [-0.25, -0.2) is 0 Å². The molecule has 0 radical (unpaired) electrons. The van der Waals surface area contributed by atoms with E-state index in [1.54, 1.807) is 6.92 Å². The molecule has 0 aliphatic heterocycles. The van der Waals surface area contributed by atoms with Crippen molar-refractivity contribution in [2.45, 2.75) is 52.4 Å². The van der Waals surface area contributed by atoms with Gasteiger partial charge in [-0.3, -0.25) is 9.59 Å². The lowest BCUT2D eigenvalue weighted by atomic mass is 9.69. The molecule has 0 amide bonds. The largest absolute Gasteiger partial charge is 0.480 e. The van der Waals surface area contributed by atoms with E-state index in [0.717, 1.165) is 25.7 Å². The molecule has 1 aliphatic rings. The molecule has 1 rings (SSSR count). The summed E-state index contributed by atoms with van der Waals surface area (Å²) in [6, 6.07) is 0. The van der Waals surface area contributed by atoms with Crippen molar-refractivity contribution in [1.82, 2.24) is 0 Å². The molecule has 0 saturated heterocycles. The van der Waals surface area contributed by atoms with Gasteiger partial charge >= 0.3 is 11.9 Å². The average molecular weight is 242 g/mol. The van der Waals surface area contributed by atoms with E-state index in [1.807, 2.05) is 0 Å². The molecule has 0 atom stereocenters. The smallest absolute Gasteiger partial charge is 0.323 e. The first-order chi connectivity index (χ1) is 8.06. The maximum Gasteiger partial charge on any atom is 0.323 e. The first-order valence-corrected chi connectivity index (χ1v) is 6.47. The summed E-state index contributed by atoms with van der Waals surface area (Å²) in [7, 11) is 0. The maximum absolute atomic E-state index is 11.8. The van der Waals surface area contributed by atoms with Crippen molar-refractivity contribution in [2.24, 2.45) is 11.3 Å². The molecular weight excluding hydrogens is 220 g/mol. The Labute approximate surface area is 102 Å². The van der Waals surface area contributed by atoms with Gasteiger partial charge in [0.05, 0.1) is 6.61 Å². The Kier molecular flexibility index (Phi) is 4.97. The highest BCUT2D eigenvalue weighted by Crippen LogP contribution is 2.41.